The van der Waals surface area contributed by atoms with Crippen molar-refractivity contribution >= 4 is 42.8 Å². The molecule has 0 spiro atoms. The Morgan fingerprint density at radius 1 is 1.10 bits per heavy atom. The summed E-state index contributed by atoms with van der Waals surface area (Å²) in [5.74, 6) is 0.201. The van der Waals surface area contributed by atoms with E-state index in [9.17, 15) is 13.2 Å². The zero-order valence-electron chi connectivity index (χ0n) is 10.4. The highest BCUT2D eigenvalue weighted by Crippen LogP contribution is 2.19. The number of pyridine rings is 1. The lowest BCUT2D eigenvalue weighted by molar-refractivity contribution is 0.601. The fourth-order valence-corrected chi connectivity index (χ4v) is 3.21. The number of benzene rings is 1. The summed E-state index contributed by atoms with van der Waals surface area (Å²) >= 11 is 3.17. The van der Waals surface area contributed by atoms with Crippen LogP contribution in [0.3, 0.4) is 0 Å². The second-order valence-corrected chi connectivity index (χ2v) is 6.73. The van der Waals surface area contributed by atoms with Gasteiger partial charge in [-0.15, -0.1) is 0 Å². The van der Waals surface area contributed by atoms with Crippen LogP contribution in [-0.2, 0) is 10.0 Å². The maximum atomic E-state index is 12.3. The summed E-state index contributed by atoms with van der Waals surface area (Å²) in [6, 6.07) is 9.21. The Labute approximate surface area is 127 Å². The molecule has 0 bridgehead atoms. The monoisotopic (exact) mass is 368 g/mol. The van der Waals surface area contributed by atoms with E-state index in [4.69, 9.17) is 0 Å². The van der Waals surface area contributed by atoms with E-state index in [1.807, 2.05) is 0 Å². The summed E-state index contributed by atoms with van der Waals surface area (Å²) in [5.41, 5.74) is 0.575. The van der Waals surface area contributed by atoms with Crippen LogP contribution in [0, 0.1) is 0 Å². The Bertz CT molecular complexity index is 977. The van der Waals surface area contributed by atoms with Crippen molar-refractivity contribution in [3.8, 4) is 0 Å². The summed E-state index contributed by atoms with van der Waals surface area (Å²) < 4.78 is 27.5. The van der Waals surface area contributed by atoms with Crippen molar-refractivity contribution in [2.24, 2.45) is 0 Å². The molecule has 3 rings (SSSR count). The van der Waals surface area contributed by atoms with E-state index >= 15 is 0 Å². The smallest absolute Gasteiger partial charge is 0.306 e. The maximum Gasteiger partial charge on any atom is 0.323 e. The van der Waals surface area contributed by atoms with Crippen LogP contribution in [0.5, 0.6) is 0 Å². The van der Waals surface area contributed by atoms with Gasteiger partial charge < -0.3 is 9.97 Å². The number of nitrogens with zero attached hydrogens (tertiary/aromatic N) is 1. The van der Waals surface area contributed by atoms with E-state index in [1.165, 1.54) is 18.2 Å². The van der Waals surface area contributed by atoms with Crippen LogP contribution >= 0.6 is 15.9 Å². The summed E-state index contributed by atoms with van der Waals surface area (Å²) in [7, 11) is -3.78. The minimum Gasteiger partial charge on any atom is -0.306 e. The highest BCUT2D eigenvalue weighted by Gasteiger charge is 2.16. The Balaban J connectivity index is 2.01. The molecule has 0 atom stereocenters. The van der Waals surface area contributed by atoms with E-state index in [-0.39, 0.29) is 16.4 Å². The van der Waals surface area contributed by atoms with Crippen molar-refractivity contribution in [3.05, 3.63) is 51.5 Å². The molecule has 7 nitrogen and oxygen atoms in total. The predicted octanol–water partition coefficient (Wildman–Crippen LogP) is 1.81. The minimum atomic E-state index is -3.78. The highest BCUT2D eigenvalue weighted by atomic mass is 79.9. The van der Waals surface area contributed by atoms with Gasteiger partial charge in [-0.2, -0.15) is 0 Å². The van der Waals surface area contributed by atoms with Gasteiger partial charge in [0.2, 0.25) is 0 Å². The molecule has 1 aromatic carbocycles. The fraction of sp³-hybridized carbons (Fsp3) is 0. The molecular formula is C12H9BrN4O3S. The molecule has 9 heteroatoms. The first-order valence-electron chi connectivity index (χ1n) is 5.81. The van der Waals surface area contributed by atoms with Crippen molar-refractivity contribution in [3.63, 3.8) is 0 Å². The van der Waals surface area contributed by atoms with Crippen LogP contribution in [0.2, 0.25) is 0 Å². The Morgan fingerprint density at radius 2 is 1.86 bits per heavy atom. The molecule has 2 heterocycles. The first kappa shape index (κ1) is 13.8. The second-order valence-electron chi connectivity index (χ2n) is 4.24. The first-order chi connectivity index (χ1) is 9.94. The maximum absolute atomic E-state index is 12.3. The van der Waals surface area contributed by atoms with E-state index in [0.29, 0.717) is 15.6 Å². The van der Waals surface area contributed by atoms with Gasteiger partial charge in [-0.1, -0.05) is 6.07 Å². The number of anilines is 1. The topological polar surface area (TPSA) is 108 Å². The molecule has 0 aliphatic carbocycles. The van der Waals surface area contributed by atoms with Crippen LogP contribution in [-0.4, -0.2) is 23.4 Å². The van der Waals surface area contributed by atoms with Crippen LogP contribution in [0.4, 0.5) is 5.82 Å². The number of aromatic amines is 2. The number of imidazole rings is 1. The summed E-state index contributed by atoms with van der Waals surface area (Å²) in [6.45, 7) is 0. The lowest BCUT2D eigenvalue weighted by atomic mass is 10.3. The summed E-state index contributed by atoms with van der Waals surface area (Å²) in [4.78, 5) is 20.3. The van der Waals surface area contributed by atoms with Crippen LogP contribution < -0.4 is 10.4 Å². The average molecular weight is 369 g/mol. The zero-order valence-corrected chi connectivity index (χ0v) is 12.8. The number of nitrogens with one attached hydrogen (secondary N) is 3. The molecule has 0 saturated carbocycles. The Hall–Kier alpha value is -2.13. The largest absolute Gasteiger partial charge is 0.323 e. The van der Waals surface area contributed by atoms with Crippen molar-refractivity contribution < 1.29 is 8.42 Å². The van der Waals surface area contributed by atoms with Crippen molar-refractivity contribution in [1.82, 2.24) is 15.0 Å². The summed E-state index contributed by atoms with van der Waals surface area (Å²) in [6.07, 6.45) is 0. The number of halogens is 1. The first-order valence-corrected chi connectivity index (χ1v) is 8.09. The molecule has 0 fully saturated rings. The molecule has 3 N–H and O–H groups in total. The lowest BCUT2D eigenvalue weighted by Crippen LogP contribution is -2.13. The minimum absolute atomic E-state index is 0.0343. The van der Waals surface area contributed by atoms with Crippen LogP contribution in [0.15, 0.2) is 50.7 Å². The number of hydrogen-bond acceptors (Lipinski definition) is 4. The molecule has 0 saturated heterocycles. The predicted molar refractivity (Wildman–Crippen MR) is 81.7 cm³/mol. The van der Waals surface area contributed by atoms with Gasteiger partial charge in [-0.05, 0) is 46.3 Å². The van der Waals surface area contributed by atoms with Gasteiger partial charge in [-0.25, -0.2) is 18.2 Å². The van der Waals surface area contributed by atoms with Gasteiger partial charge in [0.25, 0.3) is 10.0 Å². The van der Waals surface area contributed by atoms with E-state index in [2.05, 4.69) is 35.6 Å². The summed E-state index contributed by atoms with van der Waals surface area (Å²) in [5, 5.41) is 0. The van der Waals surface area contributed by atoms with Gasteiger partial charge in [0.15, 0.2) is 0 Å². The molecule has 108 valence electrons. The van der Waals surface area contributed by atoms with Crippen molar-refractivity contribution in [1.29, 1.82) is 0 Å². The fourth-order valence-electron chi connectivity index (χ4n) is 1.84. The van der Waals surface area contributed by atoms with Crippen molar-refractivity contribution in [2.45, 2.75) is 4.90 Å². The molecule has 0 unspecified atom stereocenters. The van der Waals surface area contributed by atoms with E-state index < -0.39 is 10.0 Å². The van der Waals surface area contributed by atoms with Gasteiger partial charge in [-0.3, -0.25) is 4.72 Å². The van der Waals surface area contributed by atoms with Gasteiger partial charge in [0.05, 0.1) is 15.9 Å². The second kappa shape index (κ2) is 5.01. The molecule has 0 aliphatic rings. The number of sulfonamides is 1. The molecular weight excluding hydrogens is 360 g/mol. The van der Waals surface area contributed by atoms with Gasteiger partial charge >= 0.3 is 5.69 Å². The third-order valence-corrected chi connectivity index (χ3v) is 4.55. The van der Waals surface area contributed by atoms with Gasteiger partial charge in [0, 0.05) is 0 Å². The van der Waals surface area contributed by atoms with Crippen molar-refractivity contribution in [2.75, 3.05) is 4.72 Å². The zero-order chi connectivity index (χ0) is 15.0. The normalized spacial score (nSPS) is 11.7. The molecule has 21 heavy (non-hydrogen) atoms. The number of aromatic nitrogens is 3. The Kier molecular flexibility index (Phi) is 3.30. The standard InChI is InChI=1S/C12H9BrN4O3S/c13-10-2-1-3-11(16-10)17-21(19,20)7-4-5-8-9(6-7)15-12(18)14-8/h1-6H,(H,16,17)(H2,14,15,18). The third kappa shape index (κ3) is 2.83. The number of hydrogen-bond donors (Lipinski definition) is 3. The quantitative estimate of drug-likeness (QED) is 0.612. The van der Waals surface area contributed by atoms with E-state index in [1.54, 1.807) is 18.2 Å². The molecule has 0 radical (unpaired) electrons. The van der Waals surface area contributed by atoms with E-state index in [0.717, 1.165) is 0 Å². The number of fused-ring (bicyclic) bond motifs is 1. The molecule has 2 aromatic heterocycles. The van der Waals surface area contributed by atoms with Gasteiger partial charge in [0.1, 0.15) is 10.4 Å². The average Bonchev–Trinajstić information content (AvgIpc) is 2.77. The Morgan fingerprint density at radius 3 is 2.62 bits per heavy atom. The lowest BCUT2D eigenvalue weighted by Gasteiger charge is -2.07. The highest BCUT2D eigenvalue weighted by molar-refractivity contribution is 9.10. The SMILES string of the molecule is O=c1[nH]c2ccc(S(=O)(=O)Nc3cccc(Br)n3)cc2[nH]1. The van der Waals surface area contributed by atoms with Crippen LogP contribution in [0.25, 0.3) is 11.0 Å². The molecule has 0 aliphatic heterocycles. The number of rotatable bonds is 3. The molecule has 3 aromatic rings. The third-order valence-electron chi connectivity index (χ3n) is 2.75. The number of H-pyrrole nitrogens is 2. The van der Waals surface area contributed by atoms with Crippen LogP contribution in [0.1, 0.15) is 0 Å². The molecule has 0 amide bonds.